The lowest BCUT2D eigenvalue weighted by Crippen LogP contribution is -2.36. The van der Waals surface area contributed by atoms with Crippen molar-refractivity contribution in [2.45, 2.75) is 60.3 Å². The molecule has 0 saturated carbocycles. The maximum Gasteiger partial charge on any atom is 0.00903 e. The molecule has 3 aliphatic rings. The van der Waals surface area contributed by atoms with Crippen LogP contribution in [0, 0.1) is 10.8 Å². The molecule has 0 nitrogen and oxygen atoms in total. The summed E-state index contributed by atoms with van der Waals surface area (Å²) in [4.78, 5) is 0. The molecule has 4 rings (SSSR count). The van der Waals surface area contributed by atoms with Gasteiger partial charge in [0.05, 0.1) is 0 Å². The van der Waals surface area contributed by atoms with Crippen LogP contribution < -0.4 is 10.4 Å². The molecule has 1 aromatic carbocycles. The van der Waals surface area contributed by atoms with E-state index in [0.29, 0.717) is 5.41 Å². The van der Waals surface area contributed by atoms with Crippen LogP contribution in [0.1, 0.15) is 59.4 Å². The second-order valence-electron chi connectivity index (χ2n) is 8.81. The highest BCUT2D eigenvalue weighted by atomic mass is 14.4. The summed E-state index contributed by atoms with van der Waals surface area (Å²) in [6.07, 6.45) is 9.84. The van der Waals surface area contributed by atoms with Crippen LogP contribution in [-0.2, 0) is 6.42 Å². The van der Waals surface area contributed by atoms with E-state index in [1.165, 1.54) is 28.8 Å². The molecule has 0 bridgehead atoms. The molecule has 1 aromatic rings. The van der Waals surface area contributed by atoms with E-state index < -0.39 is 0 Å². The standard InChI is InChI=1S/C23H28/c1-6-15-7-8-16-14-23(4,5)21-18-9-10-22(2,3)13-17(18)12-20(21)19(16)11-15/h7-8,11,13-14H,6,9-10,12H2,1-5H3. The Labute approximate surface area is 140 Å². The van der Waals surface area contributed by atoms with Crippen molar-refractivity contribution in [2.24, 2.45) is 10.8 Å². The molecule has 0 heterocycles. The van der Waals surface area contributed by atoms with Gasteiger partial charge in [0.1, 0.15) is 0 Å². The average Bonchev–Trinajstić information content (AvgIpc) is 2.85. The van der Waals surface area contributed by atoms with Gasteiger partial charge in [0.15, 0.2) is 0 Å². The highest BCUT2D eigenvalue weighted by Crippen LogP contribution is 2.52. The first-order valence-corrected chi connectivity index (χ1v) is 9.12. The Morgan fingerprint density at radius 2 is 1.78 bits per heavy atom. The van der Waals surface area contributed by atoms with Crippen molar-refractivity contribution in [3.63, 3.8) is 0 Å². The van der Waals surface area contributed by atoms with Crippen molar-refractivity contribution in [1.29, 1.82) is 0 Å². The highest BCUT2D eigenvalue weighted by Gasteiger charge is 2.38. The number of aryl methyl sites for hydroxylation is 1. The van der Waals surface area contributed by atoms with E-state index in [1.807, 2.05) is 0 Å². The first kappa shape index (κ1) is 15.0. The Hall–Kier alpha value is -1.56. The summed E-state index contributed by atoms with van der Waals surface area (Å²) in [6, 6.07) is 7.08. The number of allylic oxidation sites excluding steroid dienone is 4. The van der Waals surface area contributed by atoms with Crippen LogP contribution in [-0.4, -0.2) is 0 Å². The molecule has 0 spiro atoms. The van der Waals surface area contributed by atoms with E-state index in [9.17, 15) is 0 Å². The van der Waals surface area contributed by atoms with Crippen molar-refractivity contribution in [3.05, 3.63) is 57.0 Å². The lowest BCUT2D eigenvalue weighted by atomic mass is 9.73. The lowest BCUT2D eigenvalue weighted by molar-refractivity contribution is 0.420. The number of benzene rings is 1. The van der Waals surface area contributed by atoms with Crippen molar-refractivity contribution in [2.75, 3.05) is 0 Å². The highest BCUT2D eigenvalue weighted by molar-refractivity contribution is 5.82. The first-order valence-electron chi connectivity index (χ1n) is 9.12. The minimum absolute atomic E-state index is 0.155. The molecule has 23 heavy (non-hydrogen) atoms. The molecular weight excluding hydrogens is 276 g/mol. The predicted octanol–water partition coefficient (Wildman–Crippen LogP) is 4.67. The van der Waals surface area contributed by atoms with Crippen LogP contribution in [0.2, 0.25) is 0 Å². The molecule has 0 aliphatic heterocycles. The molecule has 0 aromatic heterocycles. The molecule has 0 amide bonds. The summed E-state index contributed by atoms with van der Waals surface area (Å²) < 4.78 is 0. The van der Waals surface area contributed by atoms with Gasteiger partial charge in [0.2, 0.25) is 0 Å². The molecule has 0 heteroatoms. The Morgan fingerprint density at radius 3 is 2.52 bits per heavy atom. The van der Waals surface area contributed by atoms with Gasteiger partial charge in [-0.1, -0.05) is 65.0 Å². The maximum absolute atomic E-state index is 2.56. The number of hydrogen-bond donors (Lipinski definition) is 0. The zero-order valence-corrected chi connectivity index (χ0v) is 15.2. The van der Waals surface area contributed by atoms with Gasteiger partial charge < -0.3 is 0 Å². The summed E-state index contributed by atoms with van der Waals surface area (Å²) in [5.41, 5.74) is 8.49. The summed E-state index contributed by atoms with van der Waals surface area (Å²) >= 11 is 0. The zero-order valence-electron chi connectivity index (χ0n) is 15.2. The lowest BCUT2D eigenvalue weighted by Gasteiger charge is -2.31. The summed E-state index contributed by atoms with van der Waals surface area (Å²) in [7, 11) is 0. The minimum atomic E-state index is 0.155. The molecule has 0 unspecified atom stereocenters. The second kappa shape index (κ2) is 4.72. The van der Waals surface area contributed by atoms with Gasteiger partial charge in [-0.3, -0.25) is 0 Å². The number of hydrogen-bond acceptors (Lipinski definition) is 0. The van der Waals surface area contributed by atoms with E-state index in [0.717, 1.165) is 12.8 Å². The van der Waals surface area contributed by atoms with Gasteiger partial charge >= 0.3 is 0 Å². The van der Waals surface area contributed by atoms with Crippen LogP contribution in [0.3, 0.4) is 0 Å². The van der Waals surface area contributed by atoms with Gasteiger partial charge in [0.25, 0.3) is 0 Å². The predicted molar refractivity (Wildman–Crippen MR) is 99.5 cm³/mol. The average molecular weight is 304 g/mol. The summed E-state index contributed by atoms with van der Waals surface area (Å²) in [6.45, 7) is 11.8. The van der Waals surface area contributed by atoms with Gasteiger partial charge in [-0.25, -0.2) is 0 Å². The smallest absolute Gasteiger partial charge is 0.00903 e. The summed E-state index contributed by atoms with van der Waals surface area (Å²) in [5.74, 6) is 0. The monoisotopic (exact) mass is 304 g/mol. The fraction of sp³-hybridized carbons (Fsp3) is 0.478. The van der Waals surface area contributed by atoms with Gasteiger partial charge in [0, 0.05) is 5.41 Å². The molecule has 0 radical (unpaired) electrons. The van der Waals surface area contributed by atoms with Gasteiger partial charge in [-0.15, -0.1) is 0 Å². The van der Waals surface area contributed by atoms with Crippen LogP contribution in [0.4, 0.5) is 0 Å². The fourth-order valence-electron chi connectivity index (χ4n) is 4.82. The normalized spacial score (nSPS) is 23.7. The molecule has 3 aliphatic carbocycles. The van der Waals surface area contributed by atoms with E-state index in [-0.39, 0.29) is 5.41 Å². The third-order valence-corrected chi connectivity index (χ3v) is 5.95. The summed E-state index contributed by atoms with van der Waals surface area (Å²) in [5, 5.41) is 2.93. The molecular formula is C23H28. The van der Waals surface area contributed by atoms with E-state index in [4.69, 9.17) is 0 Å². The van der Waals surface area contributed by atoms with Crippen LogP contribution in [0.5, 0.6) is 0 Å². The largest absolute Gasteiger partial charge is 0.0750 e. The molecule has 120 valence electrons. The van der Waals surface area contributed by atoms with Gasteiger partial charge in [-0.05, 0) is 69.4 Å². The molecule has 0 saturated heterocycles. The quantitative estimate of drug-likeness (QED) is 0.707. The third-order valence-electron chi connectivity index (χ3n) is 5.95. The van der Waals surface area contributed by atoms with E-state index in [1.54, 1.807) is 22.3 Å². The van der Waals surface area contributed by atoms with Crippen LogP contribution >= 0.6 is 0 Å². The van der Waals surface area contributed by atoms with E-state index in [2.05, 4.69) is 65.0 Å². The molecule has 0 fully saturated rings. The topological polar surface area (TPSA) is 0 Å². The SMILES string of the molecule is CCc1ccc2c(c1)=C1CC3=CC(C)(C)CCC3=C1C(C)(C)C=2. The van der Waals surface area contributed by atoms with Gasteiger partial charge in [-0.2, -0.15) is 0 Å². The Morgan fingerprint density at radius 1 is 1.00 bits per heavy atom. The third kappa shape index (κ3) is 2.26. The van der Waals surface area contributed by atoms with Crippen molar-refractivity contribution in [3.8, 4) is 0 Å². The van der Waals surface area contributed by atoms with Crippen molar-refractivity contribution < 1.29 is 0 Å². The molecule has 0 atom stereocenters. The Balaban J connectivity index is 2.05. The number of fused-ring (bicyclic) bond motifs is 3. The Bertz CT molecular complexity index is 869. The van der Waals surface area contributed by atoms with E-state index >= 15 is 0 Å². The van der Waals surface area contributed by atoms with Crippen LogP contribution in [0.25, 0.3) is 11.6 Å². The fourth-order valence-corrected chi connectivity index (χ4v) is 4.82. The van der Waals surface area contributed by atoms with Crippen molar-refractivity contribution >= 4 is 11.6 Å². The minimum Gasteiger partial charge on any atom is -0.0750 e. The van der Waals surface area contributed by atoms with Crippen molar-refractivity contribution in [1.82, 2.24) is 0 Å². The maximum atomic E-state index is 2.56. The van der Waals surface area contributed by atoms with Crippen LogP contribution in [0.15, 0.2) is 41.0 Å². The zero-order chi connectivity index (χ0) is 16.4. The number of rotatable bonds is 1. The second-order valence-corrected chi connectivity index (χ2v) is 8.81. The Kier molecular flexibility index (Phi) is 3.08. The molecule has 0 N–H and O–H groups in total. The first-order chi connectivity index (χ1) is 10.8.